The molecule has 3 rings (SSSR count). The summed E-state index contributed by atoms with van der Waals surface area (Å²) in [6.45, 7) is 3.13. The molecule has 2 aromatic rings. The molecule has 0 aromatic heterocycles. The minimum absolute atomic E-state index is 0.00521. The van der Waals surface area contributed by atoms with E-state index >= 15 is 0 Å². The Morgan fingerprint density at radius 1 is 1.03 bits per heavy atom. The van der Waals surface area contributed by atoms with Crippen LogP contribution < -0.4 is 0 Å². The van der Waals surface area contributed by atoms with Crippen molar-refractivity contribution in [2.75, 3.05) is 27.3 Å². The lowest BCUT2D eigenvalue weighted by molar-refractivity contribution is -0.179. The summed E-state index contributed by atoms with van der Waals surface area (Å²) in [5.74, 6) is -0.608. The van der Waals surface area contributed by atoms with Crippen LogP contribution in [0.4, 0.5) is 4.39 Å². The Bertz CT molecular complexity index is 902. The summed E-state index contributed by atoms with van der Waals surface area (Å²) in [6.07, 6.45) is 1.44. The van der Waals surface area contributed by atoms with Gasteiger partial charge < -0.3 is 9.57 Å². The largest absolute Gasteiger partial charge is 0.469 e. The predicted molar refractivity (Wildman–Crippen MR) is 112 cm³/mol. The van der Waals surface area contributed by atoms with E-state index in [0.717, 1.165) is 22.3 Å². The summed E-state index contributed by atoms with van der Waals surface area (Å²) in [5.41, 5.74) is 2.94. The van der Waals surface area contributed by atoms with E-state index in [1.165, 1.54) is 19.2 Å². The number of hydroxylamine groups is 2. The smallest absolute Gasteiger partial charge is 0.312 e. The van der Waals surface area contributed by atoms with E-state index in [4.69, 9.17) is 9.57 Å². The fraction of sp³-hybridized carbons (Fsp3) is 0.417. The molecule has 1 fully saturated rings. The molecule has 0 atom stereocenters. The number of aryl methyl sites for hydroxylation is 1. The van der Waals surface area contributed by atoms with Crippen LogP contribution in [-0.4, -0.2) is 44.1 Å². The summed E-state index contributed by atoms with van der Waals surface area (Å²) in [4.78, 5) is 30.8. The first-order valence-corrected chi connectivity index (χ1v) is 10.1. The molecule has 1 heterocycles. The van der Waals surface area contributed by atoms with Crippen LogP contribution in [0.1, 0.15) is 30.4 Å². The van der Waals surface area contributed by atoms with Gasteiger partial charge in [0.15, 0.2) is 0 Å². The van der Waals surface area contributed by atoms with Gasteiger partial charge in [-0.3, -0.25) is 9.59 Å². The molecule has 6 heteroatoms. The number of ether oxygens (including phenoxy) is 1. The second-order valence-electron chi connectivity index (χ2n) is 7.92. The third kappa shape index (κ3) is 4.94. The van der Waals surface area contributed by atoms with Crippen LogP contribution in [0.15, 0.2) is 42.5 Å². The van der Waals surface area contributed by atoms with E-state index in [1.807, 2.05) is 25.1 Å². The molecule has 0 saturated carbocycles. The highest BCUT2D eigenvalue weighted by molar-refractivity contribution is 5.88. The number of methoxy groups -OCH3 is 1. The van der Waals surface area contributed by atoms with Gasteiger partial charge in [-0.1, -0.05) is 30.3 Å². The predicted octanol–water partition coefficient (Wildman–Crippen LogP) is 4.12. The van der Waals surface area contributed by atoms with Gasteiger partial charge in [-0.25, -0.2) is 4.39 Å². The molecular weight excluding hydrogens is 385 g/mol. The van der Waals surface area contributed by atoms with E-state index in [-0.39, 0.29) is 30.4 Å². The normalized spacial score (nSPS) is 16.3. The third-order valence-electron chi connectivity index (χ3n) is 6.01. The summed E-state index contributed by atoms with van der Waals surface area (Å²) in [6, 6.07) is 12.2. The lowest BCUT2D eigenvalue weighted by atomic mass is 9.74. The average molecular weight is 413 g/mol. The van der Waals surface area contributed by atoms with E-state index in [2.05, 4.69) is 0 Å². The maximum Gasteiger partial charge on any atom is 0.312 e. The van der Waals surface area contributed by atoms with E-state index < -0.39 is 5.41 Å². The zero-order valence-electron chi connectivity index (χ0n) is 17.7. The Morgan fingerprint density at radius 2 is 1.67 bits per heavy atom. The molecule has 0 unspecified atom stereocenters. The number of carbonyl (C=O) groups is 2. The number of hydrogen-bond donors (Lipinski definition) is 0. The van der Waals surface area contributed by atoms with Gasteiger partial charge >= 0.3 is 5.97 Å². The van der Waals surface area contributed by atoms with Gasteiger partial charge in [0.1, 0.15) is 11.6 Å². The highest BCUT2D eigenvalue weighted by Gasteiger charge is 2.44. The topological polar surface area (TPSA) is 55.8 Å². The maximum absolute atomic E-state index is 13.2. The van der Waals surface area contributed by atoms with Crippen molar-refractivity contribution in [1.82, 2.24) is 5.06 Å². The average Bonchev–Trinajstić information content (AvgIpc) is 2.75. The standard InChI is InChI=1S/C24H28FNO4/c1-17-4-5-19(18-6-8-21(25)9-7-18)14-20(17)15-22(27)16-24(23(28)29-2)10-12-26(30-3)13-11-24/h4-9,14H,10-13,15-16H2,1-3H3. The van der Waals surface area contributed by atoms with Crippen LogP contribution in [0, 0.1) is 18.2 Å². The van der Waals surface area contributed by atoms with Crippen LogP contribution in [-0.2, 0) is 25.6 Å². The first kappa shape index (κ1) is 22.1. The van der Waals surface area contributed by atoms with Crippen molar-refractivity contribution in [1.29, 1.82) is 0 Å². The summed E-state index contributed by atoms with van der Waals surface area (Å²) in [5, 5.41) is 1.79. The molecule has 0 spiro atoms. The number of Topliss-reactive ketones (excluding diaryl/α,β-unsaturated/α-hetero) is 1. The molecule has 1 aliphatic rings. The van der Waals surface area contributed by atoms with Gasteiger partial charge in [-0.15, -0.1) is 0 Å². The molecule has 5 nitrogen and oxygen atoms in total. The molecule has 0 bridgehead atoms. The van der Waals surface area contributed by atoms with Crippen molar-refractivity contribution in [3.05, 3.63) is 59.4 Å². The minimum atomic E-state index is -0.802. The third-order valence-corrected chi connectivity index (χ3v) is 6.01. The lowest BCUT2D eigenvalue weighted by Gasteiger charge is -2.38. The van der Waals surface area contributed by atoms with Crippen molar-refractivity contribution in [2.45, 2.75) is 32.6 Å². The zero-order chi connectivity index (χ0) is 21.7. The van der Waals surface area contributed by atoms with Crippen LogP contribution in [0.25, 0.3) is 11.1 Å². The Morgan fingerprint density at radius 3 is 2.27 bits per heavy atom. The maximum atomic E-state index is 13.2. The van der Waals surface area contributed by atoms with Crippen LogP contribution >= 0.6 is 0 Å². The number of hydrogen-bond acceptors (Lipinski definition) is 5. The molecule has 0 N–H and O–H groups in total. The Hall–Kier alpha value is -2.57. The van der Waals surface area contributed by atoms with Crippen LogP contribution in [0.3, 0.4) is 0 Å². The number of esters is 1. The Kier molecular flexibility index (Phi) is 7.00. The van der Waals surface area contributed by atoms with Gasteiger partial charge in [0.25, 0.3) is 0 Å². The van der Waals surface area contributed by atoms with Crippen LogP contribution in [0.5, 0.6) is 0 Å². The van der Waals surface area contributed by atoms with Crippen molar-refractivity contribution in [3.63, 3.8) is 0 Å². The number of halogens is 1. The molecule has 1 saturated heterocycles. The van der Waals surface area contributed by atoms with Gasteiger partial charge in [0, 0.05) is 25.9 Å². The number of ketones is 1. The molecule has 0 radical (unpaired) electrons. The Labute approximate surface area is 176 Å². The fourth-order valence-electron chi connectivity index (χ4n) is 4.10. The highest BCUT2D eigenvalue weighted by atomic mass is 19.1. The number of carbonyl (C=O) groups excluding carboxylic acids is 2. The zero-order valence-corrected chi connectivity index (χ0v) is 17.7. The second kappa shape index (κ2) is 9.49. The van der Waals surface area contributed by atoms with Crippen molar-refractivity contribution in [3.8, 4) is 11.1 Å². The molecule has 0 aliphatic carbocycles. The first-order chi connectivity index (χ1) is 14.4. The first-order valence-electron chi connectivity index (χ1n) is 10.1. The number of benzene rings is 2. The second-order valence-corrected chi connectivity index (χ2v) is 7.92. The molecule has 30 heavy (non-hydrogen) atoms. The quantitative estimate of drug-likeness (QED) is 0.639. The lowest BCUT2D eigenvalue weighted by Crippen LogP contribution is -2.45. The molecular formula is C24H28FNO4. The fourth-order valence-corrected chi connectivity index (χ4v) is 4.10. The van der Waals surface area contributed by atoms with E-state index in [9.17, 15) is 14.0 Å². The molecule has 0 amide bonds. The van der Waals surface area contributed by atoms with Crippen molar-refractivity contribution >= 4 is 11.8 Å². The van der Waals surface area contributed by atoms with Crippen molar-refractivity contribution < 1.29 is 23.6 Å². The van der Waals surface area contributed by atoms with Gasteiger partial charge in [0.2, 0.25) is 0 Å². The van der Waals surface area contributed by atoms with Crippen LogP contribution in [0.2, 0.25) is 0 Å². The van der Waals surface area contributed by atoms with E-state index in [0.29, 0.717) is 25.9 Å². The summed E-state index contributed by atoms with van der Waals surface area (Å²) in [7, 11) is 2.97. The number of rotatable bonds is 7. The van der Waals surface area contributed by atoms with Gasteiger partial charge in [-0.2, -0.15) is 5.06 Å². The monoisotopic (exact) mass is 413 g/mol. The molecule has 2 aromatic carbocycles. The minimum Gasteiger partial charge on any atom is -0.469 e. The van der Waals surface area contributed by atoms with Gasteiger partial charge in [-0.05, 0) is 54.2 Å². The number of nitrogens with zero attached hydrogens (tertiary/aromatic N) is 1. The SMILES string of the molecule is COC(=O)C1(CC(=O)Cc2cc(-c3ccc(F)cc3)ccc2C)CCN(OC)CC1. The molecule has 160 valence electrons. The summed E-state index contributed by atoms with van der Waals surface area (Å²) >= 11 is 0. The highest BCUT2D eigenvalue weighted by Crippen LogP contribution is 2.37. The van der Waals surface area contributed by atoms with Gasteiger partial charge in [0.05, 0.1) is 19.6 Å². The van der Waals surface area contributed by atoms with E-state index in [1.54, 1.807) is 24.3 Å². The Balaban J connectivity index is 1.76. The van der Waals surface area contributed by atoms with Crippen molar-refractivity contribution in [2.24, 2.45) is 5.41 Å². The molecule has 1 aliphatic heterocycles. The summed E-state index contributed by atoms with van der Waals surface area (Å²) < 4.78 is 18.3. The number of piperidine rings is 1.